The number of methoxy groups -OCH3 is 1. The Morgan fingerprint density at radius 3 is 2.77 bits per heavy atom. The Morgan fingerprint density at radius 2 is 2.00 bits per heavy atom. The van der Waals surface area contributed by atoms with Crippen molar-refractivity contribution in [1.29, 1.82) is 0 Å². The number of tetrazole rings is 1. The van der Waals surface area contributed by atoms with E-state index in [2.05, 4.69) is 20.8 Å². The summed E-state index contributed by atoms with van der Waals surface area (Å²) in [5.74, 6) is 1.67. The first kappa shape index (κ1) is 20.5. The molecule has 0 aliphatic carbocycles. The maximum absolute atomic E-state index is 6.04. The summed E-state index contributed by atoms with van der Waals surface area (Å²) < 4.78 is 7.09. The summed E-state index contributed by atoms with van der Waals surface area (Å²) in [6.07, 6.45) is 0. The number of nitrogens with one attached hydrogen (secondary N) is 1. The first-order valence-electron chi connectivity index (χ1n) is 7.77. The molecular formula is C17H18Cl2N5OS-. The summed E-state index contributed by atoms with van der Waals surface area (Å²) in [5.41, 5.74) is 1.99. The van der Waals surface area contributed by atoms with E-state index in [0.717, 1.165) is 34.5 Å². The standard InChI is InChI=1S/C17H18ClN5OS.ClH/c1-24-16-8-7-14(18)11-13(16)12-19-9-10-25-17-20-21-22-23(17)15-5-3-2-4-6-15;/h2-8,11,19H,9-10,12H2,1H3;1H/p-1. The average molecular weight is 411 g/mol. The maximum atomic E-state index is 6.04. The molecule has 0 bridgehead atoms. The van der Waals surface area contributed by atoms with Crippen LogP contribution in [0.2, 0.25) is 5.02 Å². The average Bonchev–Trinajstić information content (AvgIpc) is 3.11. The minimum atomic E-state index is 0. The Morgan fingerprint density at radius 1 is 1.19 bits per heavy atom. The Kier molecular flexibility index (Phi) is 8.18. The van der Waals surface area contributed by atoms with Crippen molar-refractivity contribution < 1.29 is 17.1 Å². The highest BCUT2D eigenvalue weighted by molar-refractivity contribution is 7.99. The van der Waals surface area contributed by atoms with Crippen LogP contribution in [0, 0.1) is 0 Å². The van der Waals surface area contributed by atoms with Crippen LogP contribution in [0.15, 0.2) is 53.7 Å². The molecule has 0 unspecified atom stereocenters. The van der Waals surface area contributed by atoms with Gasteiger partial charge in [0.25, 0.3) is 0 Å². The van der Waals surface area contributed by atoms with Crippen LogP contribution < -0.4 is 22.5 Å². The molecule has 0 aliphatic rings. The smallest absolute Gasteiger partial charge is 0.214 e. The number of para-hydroxylation sites is 1. The predicted octanol–water partition coefficient (Wildman–Crippen LogP) is 0.210. The van der Waals surface area contributed by atoms with Crippen molar-refractivity contribution in [3.05, 3.63) is 59.1 Å². The lowest BCUT2D eigenvalue weighted by atomic mass is 10.2. The van der Waals surface area contributed by atoms with Gasteiger partial charge in [0.2, 0.25) is 5.16 Å². The molecule has 0 saturated carbocycles. The van der Waals surface area contributed by atoms with Gasteiger partial charge in [0, 0.05) is 29.4 Å². The molecule has 138 valence electrons. The number of ether oxygens (including phenoxy) is 1. The molecule has 0 saturated heterocycles. The molecule has 6 nitrogen and oxygen atoms in total. The van der Waals surface area contributed by atoms with Gasteiger partial charge >= 0.3 is 0 Å². The number of nitrogens with zero attached hydrogens (tertiary/aromatic N) is 4. The van der Waals surface area contributed by atoms with E-state index in [1.54, 1.807) is 23.6 Å². The number of hydrogen-bond donors (Lipinski definition) is 1. The van der Waals surface area contributed by atoms with Crippen molar-refractivity contribution in [3.63, 3.8) is 0 Å². The van der Waals surface area contributed by atoms with Crippen molar-refractivity contribution in [2.45, 2.75) is 11.7 Å². The molecule has 9 heteroatoms. The van der Waals surface area contributed by atoms with Crippen LogP contribution in [0.25, 0.3) is 5.69 Å². The maximum Gasteiger partial charge on any atom is 0.214 e. The highest BCUT2D eigenvalue weighted by atomic mass is 35.5. The molecule has 0 amide bonds. The zero-order valence-electron chi connectivity index (χ0n) is 14.1. The highest BCUT2D eigenvalue weighted by Gasteiger charge is 2.08. The minimum Gasteiger partial charge on any atom is -1.00 e. The Hall–Kier alpha value is -1.80. The first-order valence-corrected chi connectivity index (χ1v) is 9.14. The van der Waals surface area contributed by atoms with Gasteiger partial charge in [0.1, 0.15) is 5.75 Å². The third-order valence-corrected chi connectivity index (χ3v) is 4.67. The third kappa shape index (κ3) is 5.35. The van der Waals surface area contributed by atoms with E-state index < -0.39 is 0 Å². The molecular weight excluding hydrogens is 393 g/mol. The number of rotatable bonds is 8. The molecule has 3 aromatic rings. The second-order valence-corrected chi connectivity index (χ2v) is 6.69. The quantitative estimate of drug-likeness (QED) is 0.423. The fraction of sp³-hybridized carbons (Fsp3) is 0.235. The molecule has 1 N–H and O–H groups in total. The van der Waals surface area contributed by atoms with Crippen LogP contribution in [0.3, 0.4) is 0 Å². The molecule has 1 aromatic heterocycles. The molecule has 0 spiro atoms. The SMILES string of the molecule is COc1ccc(Cl)cc1CNCCSc1nnnn1-c1ccccc1.[Cl-]. The van der Waals surface area contributed by atoms with Gasteiger partial charge in [-0.1, -0.05) is 41.6 Å². The van der Waals surface area contributed by atoms with Crippen LogP contribution >= 0.6 is 23.4 Å². The number of hydrogen-bond acceptors (Lipinski definition) is 6. The minimum absolute atomic E-state index is 0. The Bertz CT molecular complexity index is 816. The monoisotopic (exact) mass is 410 g/mol. The molecule has 1 heterocycles. The van der Waals surface area contributed by atoms with Crippen LogP contribution in [0.4, 0.5) is 0 Å². The van der Waals surface area contributed by atoms with Gasteiger partial charge in [0.05, 0.1) is 12.8 Å². The van der Waals surface area contributed by atoms with Gasteiger partial charge in [-0.3, -0.25) is 0 Å². The molecule has 0 aliphatic heterocycles. The van der Waals surface area contributed by atoms with E-state index in [1.807, 2.05) is 48.5 Å². The van der Waals surface area contributed by atoms with Gasteiger partial charge < -0.3 is 22.5 Å². The molecule has 3 rings (SSSR count). The molecule has 0 atom stereocenters. The lowest BCUT2D eigenvalue weighted by molar-refractivity contribution is -0.00000537. The van der Waals surface area contributed by atoms with Crippen LogP contribution in [0.5, 0.6) is 5.75 Å². The second-order valence-electron chi connectivity index (χ2n) is 5.19. The third-order valence-electron chi connectivity index (χ3n) is 3.51. The van der Waals surface area contributed by atoms with E-state index in [0.29, 0.717) is 11.6 Å². The lowest BCUT2D eigenvalue weighted by Gasteiger charge is -2.10. The van der Waals surface area contributed by atoms with Crippen molar-refractivity contribution in [3.8, 4) is 11.4 Å². The van der Waals surface area contributed by atoms with E-state index in [1.165, 1.54) is 0 Å². The van der Waals surface area contributed by atoms with E-state index >= 15 is 0 Å². The van der Waals surface area contributed by atoms with Gasteiger partial charge in [-0.05, 0) is 40.8 Å². The lowest BCUT2D eigenvalue weighted by Crippen LogP contribution is -3.00. The first-order chi connectivity index (χ1) is 12.3. The topological polar surface area (TPSA) is 64.9 Å². The summed E-state index contributed by atoms with van der Waals surface area (Å²) >= 11 is 7.65. The zero-order chi connectivity index (χ0) is 17.5. The normalized spacial score (nSPS) is 10.4. The van der Waals surface area contributed by atoms with Crippen LogP contribution in [0.1, 0.15) is 5.56 Å². The predicted molar refractivity (Wildman–Crippen MR) is 99.6 cm³/mol. The van der Waals surface area contributed by atoms with E-state index in [9.17, 15) is 0 Å². The summed E-state index contributed by atoms with van der Waals surface area (Å²) in [6, 6.07) is 15.5. The fourth-order valence-corrected chi connectivity index (χ4v) is 3.31. The van der Waals surface area contributed by atoms with E-state index in [-0.39, 0.29) is 12.4 Å². The van der Waals surface area contributed by atoms with Crippen molar-refractivity contribution >= 4 is 23.4 Å². The van der Waals surface area contributed by atoms with Gasteiger partial charge in [0.15, 0.2) is 0 Å². The van der Waals surface area contributed by atoms with Crippen molar-refractivity contribution in [1.82, 2.24) is 25.5 Å². The summed E-state index contributed by atoms with van der Waals surface area (Å²) in [6.45, 7) is 1.50. The highest BCUT2D eigenvalue weighted by Crippen LogP contribution is 2.22. The van der Waals surface area contributed by atoms with Crippen molar-refractivity contribution in [2.75, 3.05) is 19.4 Å². The number of benzene rings is 2. The van der Waals surface area contributed by atoms with E-state index in [4.69, 9.17) is 16.3 Å². The fourth-order valence-electron chi connectivity index (χ4n) is 2.32. The molecule has 0 fully saturated rings. The van der Waals surface area contributed by atoms with Crippen LogP contribution in [-0.2, 0) is 6.54 Å². The largest absolute Gasteiger partial charge is 1.00 e. The summed E-state index contributed by atoms with van der Waals surface area (Å²) in [7, 11) is 1.66. The number of aromatic nitrogens is 4. The Labute approximate surface area is 167 Å². The Balaban J connectivity index is 0.00000243. The second kappa shape index (κ2) is 10.4. The number of thioether (sulfide) groups is 1. The van der Waals surface area contributed by atoms with Gasteiger partial charge in [-0.15, -0.1) is 5.10 Å². The van der Waals surface area contributed by atoms with Gasteiger partial charge in [-0.2, -0.15) is 4.68 Å². The number of halogens is 2. The molecule has 2 aromatic carbocycles. The van der Waals surface area contributed by atoms with Crippen molar-refractivity contribution in [2.24, 2.45) is 0 Å². The van der Waals surface area contributed by atoms with Gasteiger partial charge in [-0.25, -0.2) is 0 Å². The molecule has 26 heavy (non-hydrogen) atoms. The molecule has 0 radical (unpaired) electrons. The summed E-state index contributed by atoms with van der Waals surface area (Å²) in [4.78, 5) is 0. The zero-order valence-corrected chi connectivity index (χ0v) is 16.4. The summed E-state index contributed by atoms with van der Waals surface area (Å²) in [5, 5.41) is 16.8. The van der Waals surface area contributed by atoms with Crippen LogP contribution in [-0.4, -0.2) is 39.6 Å².